The van der Waals surface area contributed by atoms with Gasteiger partial charge in [0.15, 0.2) is 9.84 Å². The van der Waals surface area contributed by atoms with Crippen LogP contribution >= 0.6 is 0 Å². The van der Waals surface area contributed by atoms with E-state index in [0.29, 0.717) is 6.54 Å². The molecule has 0 saturated carbocycles. The Morgan fingerprint density at radius 1 is 0.950 bits per heavy atom. The van der Waals surface area contributed by atoms with E-state index < -0.39 is 14.6 Å². The van der Waals surface area contributed by atoms with Gasteiger partial charge in [0, 0.05) is 12.2 Å². The van der Waals surface area contributed by atoms with Crippen LogP contribution in [0.5, 0.6) is 0 Å². The number of rotatable bonds is 4. The lowest BCUT2D eigenvalue weighted by Crippen LogP contribution is -2.32. The van der Waals surface area contributed by atoms with Crippen LogP contribution in [0, 0.1) is 0 Å². The lowest BCUT2D eigenvalue weighted by atomic mass is 9.87. The van der Waals surface area contributed by atoms with Gasteiger partial charge in [-0.3, -0.25) is 0 Å². The molecule has 1 N–H and O–H groups in total. The SMILES string of the molecule is CC(C)(C)c1ccc(NCCS(=O)(=O)C(C)(C)C)cc1. The second-order valence-corrected chi connectivity index (χ2v) is 10.0. The molecule has 0 atom stereocenters. The zero-order valence-corrected chi connectivity index (χ0v) is 14.3. The second kappa shape index (κ2) is 5.76. The van der Waals surface area contributed by atoms with Gasteiger partial charge in [0.05, 0.1) is 10.5 Å². The summed E-state index contributed by atoms with van der Waals surface area (Å²) in [6.07, 6.45) is 0. The van der Waals surface area contributed by atoms with Crippen LogP contribution < -0.4 is 5.32 Å². The first-order valence-electron chi connectivity index (χ1n) is 7.00. The Morgan fingerprint density at radius 3 is 1.85 bits per heavy atom. The first-order chi connectivity index (χ1) is 8.93. The molecule has 0 bridgehead atoms. The van der Waals surface area contributed by atoms with E-state index in [0.717, 1.165) is 5.69 Å². The Hall–Kier alpha value is -1.03. The Bertz CT molecular complexity index is 531. The van der Waals surface area contributed by atoms with E-state index in [2.05, 4.69) is 38.2 Å². The molecule has 0 saturated heterocycles. The zero-order chi connectivity index (χ0) is 15.6. The summed E-state index contributed by atoms with van der Waals surface area (Å²) in [7, 11) is -3.06. The van der Waals surface area contributed by atoms with Gasteiger partial charge in [-0.05, 0) is 43.9 Å². The van der Waals surface area contributed by atoms with Gasteiger partial charge in [-0.2, -0.15) is 0 Å². The molecule has 1 aromatic rings. The minimum atomic E-state index is -3.06. The molecule has 0 aliphatic carbocycles. The van der Waals surface area contributed by atoms with Crippen molar-refractivity contribution in [1.82, 2.24) is 0 Å². The Balaban J connectivity index is 2.60. The summed E-state index contributed by atoms with van der Waals surface area (Å²) in [5.41, 5.74) is 2.36. The van der Waals surface area contributed by atoms with Gasteiger partial charge in [0.1, 0.15) is 0 Å². The van der Waals surface area contributed by atoms with Crippen molar-refractivity contribution in [3.63, 3.8) is 0 Å². The van der Waals surface area contributed by atoms with Gasteiger partial charge in [0.25, 0.3) is 0 Å². The van der Waals surface area contributed by atoms with Crippen LogP contribution in [-0.2, 0) is 15.3 Å². The zero-order valence-electron chi connectivity index (χ0n) is 13.4. The lowest BCUT2D eigenvalue weighted by molar-refractivity contribution is 0.560. The third-order valence-electron chi connectivity index (χ3n) is 3.38. The van der Waals surface area contributed by atoms with Crippen molar-refractivity contribution >= 4 is 15.5 Å². The molecule has 0 aliphatic heterocycles. The lowest BCUT2D eigenvalue weighted by Gasteiger charge is -2.20. The maximum atomic E-state index is 12.0. The fraction of sp³-hybridized carbons (Fsp3) is 0.625. The minimum absolute atomic E-state index is 0.133. The maximum absolute atomic E-state index is 12.0. The fourth-order valence-corrected chi connectivity index (χ4v) is 2.71. The molecule has 0 aliphatic rings. The van der Waals surface area contributed by atoms with Crippen LogP contribution in [0.4, 0.5) is 5.69 Å². The highest BCUT2D eigenvalue weighted by atomic mass is 32.2. The summed E-state index contributed by atoms with van der Waals surface area (Å²) in [4.78, 5) is 0. The van der Waals surface area contributed by atoms with Gasteiger partial charge in [0.2, 0.25) is 0 Å². The minimum Gasteiger partial charge on any atom is -0.384 e. The van der Waals surface area contributed by atoms with Crippen molar-refractivity contribution in [2.24, 2.45) is 0 Å². The predicted octanol–water partition coefficient (Wildman–Crippen LogP) is 3.61. The molecule has 114 valence electrons. The molecule has 1 rings (SSSR count). The van der Waals surface area contributed by atoms with Gasteiger partial charge < -0.3 is 5.32 Å². The Kier molecular flexibility index (Phi) is 4.90. The highest BCUT2D eigenvalue weighted by molar-refractivity contribution is 7.92. The smallest absolute Gasteiger partial charge is 0.156 e. The Labute approximate surface area is 123 Å². The van der Waals surface area contributed by atoms with Crippen LogP contribution in [0.1, 0.15) is 47.1 Å². The average Bonchev–Trinajstić information content (AvgIpc) is 2.26. The van der Waals surface area contributed by atoms with Crippen molar-refractivity contribution in [3.8, 4) is 0 Å². The number of anilines is 1. The fourth-order valence-electron chi connectivity index (χ4n) is 1.72. The van der Waals surface area contributed by atoms with Gasteiger partial charge in [-0.25, -0.2) is 8.42 Å². The van der Waals surface area contributed by atoms with Crippen molar-refractivity contribution in [2.75, 3.05) is 17.6 Å². The molecule has 0 heterocycles. The normalized spacial score (nSPS) is 13.3. The van der Waals surface area contributed by atoms with Gasteiger partial charge >= 0.3 is 0 Å². The van der Waals surface area contributed by atoms with Crippen LogP contribution in [0.2, 0.25) is 0 Å². The molecule has 0 spiro atoms. The van der Waals surface area contributed by atoms with Gasteiger partial charge in [-0.15, -0.1) is 0 Å². The molecule has 0 fully saturated rings. The Morgan fingerprint density at radius 2 is 1.45 bits per heavy atom. The van der Waals surface area contributed by atoms with Crippen molar-refractivity contribution in [2.45, 2.75) is 51.7 Å². The number of benzene rings is 1. The molecular formula is C16H27NO2S. The van der Waals surface area contributed by atoms with E-state index in [1.807, 2.05) is 12.1 Å². The molecule has 1 aromatic carbocycles. The summed E-state index contributed by atoms with van der Waals surface area (Å²) in [5.74, 6) is 0.150. The molecule has 4 heteroatoms. The summed E-state index contributed by atoms with van der Waals surface area (Å²) in [6.45, 7) is 12.2. The van der Waals surface area contributed by atoms with E-state index in [1.54, 1.807) is 20.8 Å². The van der Waals surface area contributed by atoms with Crippen LogP contribution in [0.15, 0.2) is 24.3 Å². The van der Waals surface area contributed by atoms with E-state index in [1.165, 1.54) is 5.56 Å². The molecule has 0 radical (unpaired) electrons. The molecule has 3 nitrogen and oxygen atoms in total. The first kappa shape index (κ1) is 17.0. The summed E-state index contributed by atoms with van der Waals surface area (Å²) in [5, 5.41) is 3.17. The third-order valence-corrected chi connectivity index (χ3v) is 5.99. The van der Waals surface area contributed by atoms with E-state index in [-0.39, 0.29) is 11.2 Å². The second-order valence-electron chi connectivity index (χ2n) is 7.19. The van der Waals surface area contributed by atoms with Crippen LogP contribution in [-0.4, -0.2) is 25.5 Å². The number of hydrogen-bond donors (Lipinski definition) is 1. The van der Waals surface area contributed by atoms with Gasteiger partial charge in [-0.1, -0.05) is 32.9 Å². The third kappa shape index (κ3) is 4.51. The van der Waals surface area contributed by atoms with Crippen LogP contribution in [0.3, 0.4) is 0 Å². The molecule has 20 heavy (non-hydrogen) atoms. The molecule has 0 aromatic heterocycles. The summed E-state index contributed by atoms with van der Waals surface area (Å²) < 4.78 is 23.3. The van der Waals surface area contributed by atoms with E-state index in [4.69, 9.17) is 0 Å². The van der Waals surface area contributed by atoms with Crippen molar-refractivity contribution in [3.05, 3.63) is 29.8 Å². The number of nitrogens with one attached hydrogen (secondary N) is 1. The molecular weight excluding hydrogens is 270 g/mol. The molecule has 0 amide bonds. The standard InChI is InChI=1S/C16H27NO2S/c1-15(2,3)13-7-9-14(10-8-13)17-11-12-20(18,19)16(4,5)6/h7-10,17H,11-12H2,1-6H3. The first-order valence-corrected chi connectivity index (χ1v) is 8.65. The van der Waals surface area contributed by atoms with Crippen molar-refractivity contribution < 1.29 is 8.42 Å². The largest absolute Gasteiger partial charge is 0.384 e. The highest BCUT2D eigenvalue weighted by Crippen LogP contribution is 2.23. The highest BCUT2D eigenvalue weighted by Gasteiger charge is 2.28. The average molecular weight is 297 g/mol. The quantitative estimate of drug-likeness (QED) is 0.923. The maximum Gasteiger partial charge on any atom is 0.156 e. The topological polar surface area (TPSA) is 46.2 Å². The predicted molar refractivity (Wildman–Crippen MR) is 87.2 cm³/mol. The number of sulfone groups is 1. The monoisotopic (exact) mass is 297 g/mol. The van der Waals surface area contributed by atoms with Crippen molar-refractivity contribution in [1.29, 1.82) is 0 Å². The summed E-state index contributed by atoms with van der Waals surface area (Å²) >= 11 is 0. The molecule has 0 unspecified atom stereocenters. The van der Waals surface area contributed by atoms with Crippen LogP contribution in [0.25, 0.3) is 0 Å². The van der Waals surface area contributed by atoms with E-state index >= 15 is 0 Å². The number of hydrogen-bond acceptors (Lipinski definition) is 3. The van der Waals surface area contributed by atoms with E-state index in [9.17, 15) is 8.42 Å². The summed E-state index contributed by atoms with van der Waals surface area (Å²) in [6, 6.07) is 8.18.